The Morgan fingerprint density at radius 2 is 0.700 bits per heavy atom. The Bertz CT molecular complexity index is 1220. The summed E-state index contributed by atoms with van der Waals surface area (Å²) in [5, 5.41) is 0. The van der Waals surface area contributed by atoms with Crippen LogP contribution in [-0.2, 0) is 0 Å². The highest BCUT2D eigenvalue weighted by molar-refractivity contribution is 5.81. The number of hydrogen-bond donors (Lipinski definition) is 0. The number of aromatic nitrogens is 2. The van der Waals surface area contributed by atoms with E-state index in [0.717, 1.165) is 33.9 Å². The van der Waals surface area contributed by atoms with Crippen molar-refractivity contribution in [3.8, 4) is 33.9 Å². The van der Waals surface area contributed by atoms with Crippen molar-refractivity contribution in [2.24, 2.45) is 0 Å². The van der Waals surface area contributed by atoms with Crippen LogP contribution in [0.25, 0.3) is 33.9 Å². The second kappa shape index (κ2) is 7.72. The van der Waals surface area contributed by atoms with E-state index in [0.29, 0.717) is 0 Å². The molecule has 0 saturated carbocycles. The molecule has 0 bridgehead atoms. The lowest BCUT2D eigenvalue weighted by atomic mass is 10.0. The van der Waals surface area contributed by atoms with Crippen LogP contribution in [0.4, 0.5) is 0 Å². The molecular formula is C27H20N2O. The van der Waals surface area contributed by atoms with Gasteiger partial charge in [-0.25, -0.2) is 4.79 Å². The summed E-state index contributed by atoms with van der Waals surface area (Å²) in [5.74, 6) is 0. The molecule has 3 heteroatoms. The molecule has 5 rings (SSSR count). The monoisotopic (exact) mass is 388 g/mol. The first-order valence-corrected chi connectivity index (χ1v) is 9.94. The van der Waals surface area contributed by atoms with Crippen molar-refractivity contribution in [3.63, 3.8) is 0 Å². The normalized spacial score (nSPS) is 10.8. The van der Waals surface area contributed by atoms with Crippen LogP contribution in [0, 0.1) is 0 Å². The molecule has 0 spiro atoms. The zero-order chi connectivity index (χ0) is 20.3. The number of hydrogen-bond acceptors (Lipinski definition) is 1. The molecule has 30 heavy (non-hydrogen) atoms. The fourth-order valence-electron chi connectivity index (χ4n) is 3.86. The van der Waals surface area contributed by atoms with Gasteiger partial charge in [0.15, 0.2) is 0 Å². The predicted octanol–water partition coefficient (Wildman–Crippen LogP) is 5.96. The number of benzene rings is 4. The van der Waals surface area contributed by atoms with E-state index in [1.54, 1.807) is 0 Å². The third-order valence-electron chi connectivity index (χ3n) is 5.18. The van der Waals surface area contributed by atoms with Gasteiger partial charge in [-0.2, -0.15) is 0 Å². The molecule has 0 aliphatic heterocycles. The van der Waals surface area contributed by atoms with Crippen LogP contribution in [0.2, 0.25) is 0 Å². The second-order valence-electron chi connectivity index (χ2n) is 7.05. The maximum atomic E-state index is 13.9. The van der Waals surface area contributed by atoms with Crippen LogP contribution >= 0.6 is 0 Å². The predicted molar refractivity (Wildman–Crippen MR) is 122 cm³/mol. The van der Waals surface area contributed by atoms with Crippen molar-refractivity contribution < 1.29 is 0 Å². The molecule has 1 heterocycles. The summed E-state index contributed by atoms with van der Waals surface area (Å²) in [4.78, 5) is 13.9. The Balaban J connectivity index is 1.96. The number of imidazole rings is 1. The fourth-order valence-corrected chi connectivity index (χ4v) is 3.86. The highest BCUT2D eigenvalue weighted by atomic mass is 16.1. The molecule has 5 aromatic rings. The third-order valence-corrected chi connectivity index (χ3v) is 5.18. The van der Waals surface area contributed by atoms with Crippen LogP contribution in [-0.4, -0.2) is 9.13 Å². The lowest BCUT2D eigenvalue weighted by Gasteiger charge is -2.12. The highest BCUT2D eigenvalue weighted by Gasteiger charge is 2.24. The molecule has 0 aliphatic rings. The topological polar surface area (TPSA) is 26.9 Å². The first-order valence-electron chi connectivity index (χ1n) is 9.94. The van der Waals surface area contributed by atoms with Crippen LogP contribution in [0.15, 0.2) is 126 Å². The molecule has 4 aromatic carbocycles. The number of rotatable bonds is 4. The Morgan fingerprint density at radius 3 is 1.03 bits per heavy atom. The molecule has 0 N–H and O–H groups in total. The summed E-state index contributed by atoms with van der Waals surface area (Å²) < 4.78 is 3.62. The average Bonchev–Trinajstić information content (AvgIpc) is 3.14. The quantitative estimate of drug-likeness (QED) is 0.373. The highest BCUT2D eigenvalue weighted by Crippen LogP contribution is 2.34. The largest absolute Gasteiger partial charge is 0.338 e. The molecule has 3 nitrogen and oxygen atoms in total. The molecular weight excluding hydrogens is 368 g/mol. The summed E-state index contributed by atoms with van der Waals surface area (Å²) in [6.45, 7) is 0. The van der Waals surface area contributed by atoms with Crippen LogP contribution in [0.3, 0.4) is 0 Å². The van der Waals surface area contributed by atoms with E-state index >= 15 is 0 Å². The van der Waals surface area contributed by atoms with Gasteiger partial charge in [0, 0.05) is 11.1 Å². The van der Waals surface area contributed by atoms with Crippen LogP contribution < -0.4 is 5.69 Å². The van der Waals surface area contributed by atoms with Crippen molar-refractivity contribution in [1.29, 1.82) is 0 Å². The van der Waals surface area contributed by atoms with Crippen molar-refractivity contribution in [2.75, 3.05) is 0 Å². The van der Waals surface area contributed by atoms with E-state index in [1.807, 2.05) is 106 Å². The Morgan fingerprint density at radius 1 is 0.400 bits per heavy atom. The minimum absolute atomic E-state index is 0.0925. The smallest absolute Gasteiger partial charge is 0.260 e. The lowest BCUT2D eigenvalue weighted by molar-refractivity contribution is 0.914. The number of para-hydroxylation sites is 2. The second-order valence-corrected chi connectivity index (χ2v) is 7.05. The van der Waals surface area contributed by atoms with Gasteiger partial charge in [-0.05, 0) is 24.3 Å². The summed E-state index contributed by atoms with van der Waals surface area (Å²) >= 11 is 0. The first-order chi connectivity index (χ1) is 14.8. The standard InChI is InChI=1S/C27H20N2O/c30-27-28(23-17-9-3-10-18-23)25(21-13-5-1-6-14-21)26(22-15-7-2-8-16-22)29(27)24-19-11-4-12-20-24/h1-20H. The fraction of sp³-hybridized carbons (Fsp3) is 0. The molecule has 0 amide bonds. The van der Waals surface area contributed by atoms with Crippen molar-refractivity contribution in [1.82, 2.24) is 9.13 Å². The molecule has 0 radical (unpaired) electrons. The SMILES string of the molecule is O=c1n(-c2ccccc2)c(-c2ccccc2)c(-c2ccccc2)n1-c1ccccc1. The minimum atomic E-state index is -0.0925. The van der Waals surface area contributed by atoms with Gasteiger partial charge in [0.2, 0.25) is 0 Å². The van der Waals surface area contributed by atoms with Crippen LogP contribution in [0.5, 0.6) is 0 Å². The zero-order valence-electron chi connectivity index (χ0n) is 16.3. The van der Waals surface area contributed by atoms with Gasteiger partial charge in [0.25, 0.3) is 0 Å². The van der Waals surface area contributed by atoms with E-state index < -0.39 is 0 Å². The minimum Gasteiger partial charge on any atom is -0.260 e. The Labute approximate surface area is 175 Å². The summed E-state index contributed by atoms with van der Waals surface area (Å²) in [6, 6.07) is 39.8. The summed E-state index contributed by atoms with van der Waals surface area (Å²) in [7, 11) is 0. The molecule has 0 fully saturated rings. The third kappa shape index (κ3) is 3.07. The van der Waals surface area contributed by atoms with Gasteiger partial charge in [-0.3, -0.25) is 9.13 Å². The van der Waals surface area contributed by atoms with E-state index in [4.69, 9.17) is 0 Å². The van der Waals surface area contributed by atoms with Gasteiger partial charge < -0.3 is 0 Å². The maximum absolute atomic E-state index is 13.9. The lowest BCUT2D eigenvalue weighted by Crippen LogP contribution is -2.22. The first kappa shape index (κ1) is 18.0. The van der Waals surface area contributed by atoms with E-state index in [1.165, 1.54) is 0 Å². The van der Waals surface area contributed by atoms with Gasteiger partial charge in [0.05, 0.1) is 22.8 Å². The summed E-state index contributed by atoms with van der Waals surface area (Å²) in [6.07, 6.45) is 0. The van der Waals surface area contributed by atoms with Gasteiger partial charge in [-0.15, -0.1) is 0 Å². The zero-order valence-corrected chi connectivity index (χ0v) is 16.3. The average molecular weight is 388 g/mol. The Kier molecular flexibility index (Phi) is 4.62. The van der Waals surface area contributed by atoms with E-state index in [2.05, 4.69) is 24.3 Å². The maximum Gasteiger partial charge on any atom is 0.338 e. The van der Waals surface area contributed by atoms with Gasteiger partial charge >= 0.3 is 5.69 Å². The van der Waals surface area contributed by atoms with Crippen molar-refractivity contribution in [2.45, 2.75) is 0 Å². The van der Waals surface area contributed by atoms with Gasteiger partial charge in [0.1, 0.15) is 0 Å². The molecule has 0 unspecified atom stereocenters. The molecule has 0 atom stereocenters. The van der Waals surface area contributed by atoms with Crippen molar-refractivity contribution >= 4 is 0 Å². The molecule has 0 saturated heterocycles. The molecule has 144 valence electrons. The molecule has 1 aromatic heterocycles. The van der Waals surface area contributed by atoms with Crippen LogP contribution in [0.1, 0.15) is 0 Å². The van der Waals surface area contributed by atoms with Gasteiger partial charge in [-0.1, -0.05) is 97.1 Å². The summed E-state index contributed by atoms with van der Waals surface area (Å²) in [5.41, 5.74) is 5.33. The number of nitrogens with zero attached hydrogens (tertiary/aromatic N) is 2. The Hall–Kier alpha value is -4.11. The van der Waals surface area contributed by atoms with Crippen molar-refractivity contribution in [3.05, 3.63) is 132 Å². The van der Waals surface area contributed by atoms with E-state index in [-0.39, 0.29) is 5.69 Å². The molecule has 0 aliphatic carbocycles. The van der Waals surface area contributed by atoms with E-state index in [9.17, 15) is 4.79 Å².